The molecule has 0 atom stereocenters. The molecular weight excluding hydrogens is 380 g/mol. The van der Waals surface area contributed by atoms with E-state index in [0.29, 0.717) is 28.4 Å². The maximum atomic E-state index is 12.2. The minimum atomic E-state index is -0.497. The number of carbonyl (C=O) groups is 1. The number of fused-ring (bicyclic) bond motifs is 1. The number of hydrogen-bond donors (Lipinski definition) is 1. The first-order valence-corrected chi connectivity index (χ1v) is 8.70. The maximum absolute atomic E-state index is 12.2. The number of nitrogens with zero attached hydrogens (tertiary/aromatic N) is 1. The van der Waals surface area contributed by atoms with Crippen LogP contribution in [0.5, 0.6) is 17.2 Å². The summed E-state index contributed by atoms with van der Waals surface area (Å²) >= 11 is 0. The van der Waals surface area contributed by atoms with E-state index in [1.54, 1.807) is 19.2 Å². The molecule has 1 amide bonds. The SMILES string of the molecule is COc1ccc(CNC(=O)/C=C/c2cc([N+](=O)[O-])cc3c2OCOC3)cc1OC. The van der Waals surface area contributed by atoms with Gasteiger partial charge in [0.05, 0.1) is 25.7 Å². The van der Waals surface area contributed by atoms with Crippen molar-refractivity contribution in [3.05, 3.63) is 63.2 Å². The molecule has 152 valence electrons. The molecule has 9 nitrogen and oxygen atoms in total. The third kappa shape index (κ3) is 4.82. The zero-order chi connectivity index (χ0) is 20.8. The molecule has 1 N–H and O–H groups in total. The number of nitrogens with one attached hydrogen (secondary N) is 1. The molecule has 0 aliphatic carbocycles. The van der Waals surface area contributed by atoms with Gasteiger partial charge in [-0.2, -0.15) is 0 Å². The zero-order valence-corrected chi connectivity index (χ0v) is 16.0. The molecule has 0 unspecified atom stereocenters. The predicted octanol–water partition coefficient (Wildman–Crippen LogP) is 2.81. The molecule has 2 aromatic carbocycles. The van der Waals surface area contributed by atoms with Gasteiger partial charge < -0.3 is 24.3 Å². The van der Waals surface area contributed by atoms with Gasteiger partial charge >= 0.3 is 0 Å². The molecule has 1 heterocycles. The molecule has 0 spiro atoms. The van der Waals surface area contributed by atoms with Crippen LogP contribution in [0.2, 0.25) is 0 Å². The minimum Gasteiger partial charge on any atom is -0.493 e. The van der Waals surface area contributed by atoms with Crippen molar-refractivity contribution in [2.45, 2.75) is 13.2 Å². The van der Waals surface area contributed by atoms with Gasteiger partial charge in [0.2, 0.25) is 5.91 Å². The number of hydrogen-bond acceptors (Lipinski definition) is 7. The fourth-order valence-corrected chi connectivity index (χ4v) is 2.86. The highest BCUT2D eigenvalue weighted by Gasteiger charge is 2.19. The van der Waals surface area contributed by atoms with Crippen LogP contribution in [0.1, 0.15) is 16.7 Å². The molecule has 9 heteroatoms. The lowest BCUT2D eigenvalue weighted by Crippen LogP contribution is -2.20. The number of methoxy groups -OCH3 is 2. The lowest BCUT2D eigenvalue weighted by atomic mass is 10.1. The lowest BCUT2D eigenvalue weighted by molar-refractivity contribution is -0.385. The van der Waals surface area contributed by atoms with E-state index in [2.05, 4.69) is 5.32 Å². The molecule has 0 radical (unpaired) electrons. The summed E-state index contributed by atoms with van der Waals surface area (Å²) in [5, 5.41) is 13.9. The fraction of sp³-hybridized carbons (Fsp3) is 0.250. The van der Waals surface area contributed by atoms with Gasteiger partial charge in [0.15, 0.2) is 18.3 Å². The molecule has 0 fully saturated rings. The van der Waals surface area contributed by atoms with Gasteiger partial charge in [-0.05, 0) is 23.8 Å². The Morgan fingerprint density at radius 1 is 1.24 bits per heavy atom. The van der Waals surface area contributed by atoms with Gasteiger partial charge in [-0.1, -0.05) is 6.07 Å². The summed E-state index contributed by atoms with van der Waals surface area (Å²) in [6.07, 6.45) is 2.79. The third-order valence-electron chi connectivity index (χ3n) is 4.26. The number of nitro benzene ring substituents is 1. The van der Waals surface area contributed by atoms with E-state index in [4.69, 9.17) is 18.9 Å². The van der Waals surface area contributed by atoms with Crippen LogP contribution in [-0.2, 0) is 22.7 Å². The quantitative estimate of drug-likeness (QED) is 0.432. The standard InChI is InChI=1S/C20H20N2O7/c1-26-17-5-3-13(7-18(17)27-2)10-21-19(23)6-4-14-8-16(22(24)25)9-15-11-28-12-29-20(14)15/h3-9H,10-12H2,1-2H3,(H,21,23)/b6-4+. The van der Waals surface area contributed by atoms with Gasteiger partial charge in [-0.25, -0.2) is 0 Å². The number of amides is 1. The van der Waals surface area contributed by atoms with E-state index in [1.807, 2.05) is 6.07 Å². The Balaban J connectivity index is 1.71. The second-order valence-corrected chi connectivity index (χ2v) is 6.13. The van der Waals surface area contributed by atoms with E-state index < -0.39 is 4.92 Å². The minimum absolute atomic E-state index is 0.0527. The summed E-state index contributed by atoms with van der Waals surface area (Å²) in [5.74, 6) is 1.29. The normalized spacial score (nSPS) is 12.8. The Kier molecular flexibility index (Phi) is 6.30. The van der Waals surface area contributed by atoms with E-state index in [9.17, 15) is 14.9 Å². The van der Waals surface area contributed by atoms with Gasteiger partial charge in [0.25, 0.3) is 5.69 Å². The summed E-state index contributed by atoms with van der Waals surface area (Å²) < 4.78 is 21.0. The highest BCUT2D eigenvalue weighted by atomic mass is 16.7. The first kappa shape index (κ1) is 20.2. The highest BCUT2D eigenvalue weighted by molar-refractivity contribution is 5.92. The number of nitro groups is 1. The van der Waals surface area contributed by atoms with Crippen LogP contribution in [0.3, 0.4) is 0 Å². The van der Waals surface area contributed by atoms with Crippen molar-refractivity contribution in [2.24, 2.45) is 0 Å². The van der Waals surface area contributed by atoms with E-state index in [1.165, 1.54) is 31.4 Å². The van der Waals surface area contributed by atoms with Crippen molar-refractivity contribution in [2.75, 3.05) is 21.0 Å². The molecule has 0 saturated carbocycles. The summed E-state index contributed by atoms with van der Waals surface area (Å²) in [4.78, 5) is 22.8. The first-order valence-electron chi connectivity index (χ1n) is 8.70. The van der Waals surface area contributed by atoms with Crippen LogP contribution in [0.4, 0.5) is 5.69 Å². The van der Waals surface area contributed by atoms with Crippen LogP contribution in [0.15, 0.2) is 36.4 Å². The van der Waals surface area contributed by atoms with E-state index in [0.717, 1.165) is 5.56 Å². The van der Waals surface area contributed by atoms with Gasteiger partial charge in [-0.3, -0.25) is 14.9 Å². The average Bonchev–Trinajstić information content (AvgIpc) is 2.75. The fourth-order valence-electron chi connectivity index (χ4n) is 2.86. The third-order valence-corrected chi connectivity index (χ3v) is 4.26. The molecule has 0 bridgehead atoms. The van der Waals surface area contributed by atoms with E-state index >= 15 is 0 Å². The summed E-state index contributed by atoms with van der Waals surface area (Å²) in [6.45, 7) is 0.543. The Labute approximate surface area is 167 Å². The van der Waals surface area contributed by atoms with Crippen LogP contribution >= 0.6 is 0 Å². The Bertz CT molecular complexity index is 956. The van der Waals surface area contributed by atoms with Crippen LogP contribution in [-0.4, -0.2) is 31.8 Å². The summed E-state index contributed by atoms with van der Waals surface area (Å²) in [5.41, 5.74) is 1.75. The van der Waals surface area contributed by atoms with Crippen LogP contribution in [0.25, 0.3) is 6.08 Å². The molecule has 0 aromatic heterocycles. The molecule has 1 aliphatic heterocycles. The van der Waals surface area contributed by atoms with Crippen LogP contribution in [0, 0.1) is 10.1 Å². The monoisotopic (exact) mass is 400 g/mol. The van der Waals surface area contributed by atoms with Crippen molar-refractivity contribution < 1.29 is 28.7 Å². The van der Waals surface area contributed by atoms with Crippen molar-refractivity contribution in [3.8, 4) is 17.2 Å². The second kappa shape index (κ2) is 9.07. The Hall–Kier alpha value is -3.59. The van der Waals surface area contributed by atoms with Crippen molar-refractivity contribution in [3.63, 3.8) is 0 Å². The molecule has 0 saturated heterocycles. The second-order valence-electron chi connectivity index (χ2n) is 6.13. The van der Waals surface area contributed by atoms with Crippen molar-refractivity contribution in [1.82, 2.24) is 5.32 Å². The van der Waals surface area contributed by atoms with Gasteiger partial charge in [0.1, 0.15) is 5.75 Å². The lowest BCUT2D eigenvalue weighted by Gasteiger charge is -2.19. The number of non-ortho nitro benzene ring substituents is 1. The highest BCUT2D eigenvalue weighted by Crippen LogP contribution is 2.33. The van der Waals surface area contributed by atoms with Gasteiger partial charge in [0, 0.05) is 35.9 Å². The van der Waals surface area contributed by atoms with Crippen molar-refractivity contribution in [1.29, 1.82) is 0 Å². The Morgan fingerprint density at radius 3 is 2.76 bits per heavy atom. The molecule has 2 aromatic rings. The zero-order valence-electron chi connectivity index (χ0n) is 16.0. The smallest absolute Gasteiger partial charge is 0.270 e. The molecular formula is C20H20N2O7. The number of benzene rings is 2. The first-order chi connectivity index (χ1) is 14.0. The number of carbonyl (C=O) groups excluding carboxylic acids is 1. The summed E-state index contributed by atoms with van der Waals surface area (Å²) in [7, 11) is 3.09. The van der Waals surface area contributed by atoms with Gasteiger partial charge in [-0.15, -0.1) is 0 Å². The molecule has 1 aliphatic rings. The predicted molar refractivity (Wildman–Crippen MR) is 104 cm³/mol. The largest absolute Gasteiger partial charge is 0.493 e. The maximum Gasteiger partial charge on any atom is 0.270 e. The molecule has 3 rings (SSSR count). The Morgan fingerprint density at radius 2 is 2.03 bits per heavy atom. The summed E-state index contributed by atoms with van der Waals surface area (Å²) in [6, 6.07) is 8.11. The van der Waals surface area contributed by atoms with E-state index in [-0.39, 0.29) is 31.5 Å². The topological polar surface area (TPSA) is 109 Å². The van der Waals surface area contributed by atoms with Crippen LogP contribution < -0.4 is 19.5 Å². The number of ether oxygens (including phenoxy) is 4. The number of rotatable bonds is 7. The van der Waals surface area contributed by atoms with Crippen molar-refractivity contribution >= 4 is 17.7 Å². The average molecular weight is 400 g/mol. The molecule has 29 heavy (non-hydrogen) atoms.